The van der Waals surface area contributed by atoms with Crippen molar-refractivity contribution in [2.24, 2.45) is 0 Å². The van der Waals surface area contributed by atoms with Crippen LogP contribution >= 0.6 is 0 Å². The summed E-state index contributed by atoms with van der Waals surface area (Å²) in [5.41, 5.74) is 0.156. The van der Waals surface area contributed by atoms with Gasteiger partial charge in [-0.3, -0.25) is 4.79 Å². The van der Waals surface area contributed by atoms with E-state index >= 15 is 0 Å². The lowest BCUT2D eigenvalue weighted by atomic mass is 10.00. The minimum Gasteiger partial charge on any atom is -0.493 e. The van der Waals surface area contributed by atoms with Crippen molar-refractivity contribution in [2.75, 3.05) is 0 Å². The van der Waals surface area contributed by atoms with Gasteiger partial charge >= 0.3 is 0 Å². The van der Waals surface area contributed by atoms with E-state index in [0.717, 1.165) is 25.7 Å². The highest BCUT2D eigenvalue weighted by Crippen LogP contribution is 2.35. The average molecular weight is 246 g/mol. The molecule has 94 valence electrons. The van der Waals surface area contributed by atoms with Crippen LogP contribution in [0.3, 0.4) is 0 Å². The molecule has 2 aromatic heterocycles. The van der Waals surface area contributed by atoms with Crippen molar-refractivity contribution in [3.63, 3.8) is 0 Å². The maximum Gasteiger partial charge on any atom is 0.258 e. The second-order valence-electron chi connectivity index (χ2n) is 4.57. The van der Waals surface area contributed by atoms with Crippen molar-refractivity contribution < 1.29 is 5.11 Å². The second-order valence-corrected chi connectivity index (χ2v) is 4.57. The summed E-state index contributed by atoms with van der Waals surface area (Å²) >= 11 is 0. The minimum absolute atomic E-state index is 0.131. The number of hydrogen-bond acceptors (Lipinski definition) is 4. The zero-order valence-electron chi connectivity index (χ0n) is 9.81. The van der Waals surface area contributed by atoms with Gasteiger partial charge in [-0.1, -0.05) is 12.8 Å². The Bertz CT molecular complexity index is 597. The number of aromatic nitrogens is 4. The number of hydrogen-bond donors (Lipinski definition) is 3. The number of aromatic amines is 2. The fourth-order valence-corrected chi connectivity index (χ4v) is 2.56. The lowest BCUT2D eigenvalue weighted by Gasteiger charge is -2.10. The Morgan fingerprint density at radius 1 is 1.28 bits per heavy atom. The fraction of sp³-hybridized carbons (Fsp3) is 0.417. The molecule has 0 radical (unpaired) electrons. The van der Waals surface area contributed by atoms with E-state index in [1.165, 1.54) is 0 Å². The van der Waals surface area contributed by atoms with Crippen LogP contribution in [-0.2, 0) is 0 Å². The molecule has 0 saturated heterocycles. The summed E-state index contributed by atoms with van der Waals surface area (Å²) in [5.74, 6) is 0.675. The van der Waals surface area contributed by atoms with Crippen molar-refractivity contribution in [1.29, 1.82) is 0 Å². The van der Waals surface area contributed by atoms with Crippen molar-refractivity contribution in [3.8, 4) is 17.5 Å². The molecule has 1 aliphatic carbocycles. The molecule has 0 bridgehead atoms. The first-order valence-electron chi connectivity index (χ1n) is 6.08. The molecule has 6 nitrogen and oxygen atoms in total. The molecule has 0 aromatic carbocycles. The molecule has 1 aliphatic rings. The van der Waals surface area contributed by atoms with Gasteiger partial charge in [-0.25, -0.2) is 4.98 Å². The van der Waals surface area contributed by atoms with Gasteiger partial charge in [0, 0.05) is 12.4 Å². The minimum atomic E-state index is -0.263. The predicted octanol–water partition coefficient (Wildman–Crippen LogP) is 1.52. The molecule has 0 amide bonds. The number of imidazole rings is 1. The molecule has 3 rings (SSSR count). The van der Waals surface area contributed by atoms with Crippen LogP contribution in [0.2, 0.25) is 0 Å². The molecule has 2 heterocycles. The summed E-state index contributed by atoms with van der Waals surface area (Å²) < 4.78 is 0. The van der Waals surface area contributed by atoms with Gasteiger partial charge in [0.1, 0.15) is 0 Å². The first-order chi connectivity index (χ1) is 8.75. The van der Waals surface area contributed by atoms with Crippen LogP contribution in [0.25, 0.3) is 11.6 Å². The fourth-order valence-electron chi connectivity index (χ4n) is 2.56. The first-order valence-corrected chi connectivity index (χ1v) is 6.08. The molecule has 0 atom stereocenters. The van der Waals surface area contributed by atoms with Crippen LogP contribution in [0.4, 0.5) is 0 Å². The Hall–Kier alpha value is -2.11. The summed E-state index contributed by atoms with van der Waals surface area (Å²) in [6, 6.07) is 0. The maximum atomic E-state index is 12.0. The highest BCUT2D eigenvalue weighted by molar-refractivity contribution is 5.45. The number of aromatic hydroxyl groups is 1. The van der Waals surface area contributed by atoms with Gasteiger partial charge in [0.15, 0.2) is 11.6 Å². The Morgan fingerprint density at radius 2 is 2.06 bits per heavy atom. The summed E-state index contributed by atoms with van der Waals surface area (Å²) in [6.07, 6.45) is 7.29. The van der Waals surface area contributed by atoms with E-state index in [0.29, 0.717) is 11.4 Å². The van der Waals surface area contributed by atoms with E-state index in [1.807, 2.05) is 0 Å². The van der Waals surface area contributed by atoms with Gasteiger partial charge in [-0.05, 0) is 18.8 Å². The second kappa shape index (κ2) is 4.29. The molecule has 2 aromatic rings. The molecule has 6 heteroatoms. The highest BCUT2D eigenvalue weighted by atomic mass is 16.3. The lowest BCUT2D eigenvalue weighted by Crippen LogP contribution is -2.17. The largest absolute Gasteiger partial charge is 0.493 e. The van der Waals surface area contributed by atoms with Crippen LogP contribution < -0.4 is 5.56 Å². The van der Waals surface area contributed by atoms with E-state index in [9.17, 15) is 9.90 Å². The van der Waals surface area contributed by atoms with Gasteiger partial charge in [-0.2, -0.15) is 4.98 Å². The molecule has 3 N–H and O–H groups in total. The monoisotopic (exact) mass is 246 g/mol. The molecule has 18 heavy (non-hydrogen) atoms. The quantitative estimate of drug-likeness (QED) is 0.748. The van der Waals surface area contributed by atoms with Gasteiger partial charge in [0.05, 0.1) is 5.56 Å². The summed E-state index contributed by atoms with van der Waals surface area (Å²) in [7, 11) is 0. The predicted molar refractivity (Wildman–Crippen MR) is 65.3 cm³/mol. The average Bonchev–Trinajstić information content (AvgIpc) is 3.01. The normalized spacial score (nSPS) is 16.2. The third-order valence-electron chi connectivity index (χ3n) is 3.42. The summed E-state index contributed by atoms with van der Waals surface area (Å²) in [5, 5.41) is 9.96. The van der Waals surface area contributed by atoms with Crippen LogP contribution in [0.5, 0.6) is 5.88 Å². The van der Waals surface area contributed by atoms with Crippen molar-refractivity contribution in [1.82, 2.24) is 19.9 Å². The standard InChI is InChI=1S/C12H14N4O2/c17-11-8(7-3-1-2-4-7)12(18)16-10(15-11)9-13-5-6-14-9/h5-7H,1-4H2,(H,13,14)(H2,15,16,17,18). The van der Waals surface area contributed by atoms with Crippen LogP contribution in [0.15, 0.2) is 17.2 Å². The maximum absolute atomic E-state index is 12.0. The zero-order valence-corrected chi connectivity index (χ0v) is 9.81. The first kappa shape index (κ1) is 11.0. The molecular formula is C12H14N4O2. The number of nitrogens with one attached hydrogen (secondary N) is 2. The van der Waals surface area contributed by atoms with E-state index in [-0.39, 0.29) is 23.2 Å². The molecule has 0 aliphatic heterocycles. The molecular weight excluding hydrogens is 232 g/mol. The number of H-pyrrole nitrogens is 2. The Labute approximate surface area is 103 Å². The summed E-state index contributed by atoms with van der Waals surface area (Å²) in [6.45, 7) is 0. The molecule has 0 unspecified atom stereocenters. The van der Waals surface area contributed by atoms with E-state index < -0.39 is 0 Å². The zero-order chi connectivity index (χ0) is 12.5. The van der Waals surface area contributed by atoms with Gasteiger partial charge < -0.3 is 15.1 Å². The third kappa shape index (κ3) is 1.79. The summed E-state index contributed by atoms with van der Waals surface area (Å²) in [4.78, 5) is 25.6. The molecule has 0 spiro atoms. The van der Waals surface area contributed by atoms with Crippen molar-refractivity contribution >= 4 is 0 Å². The van der Waals surface area contributed by atoms with Crippen molar-refractivity contribution in [3.05, 3.63) is 28.3 Å². The van der Waals surface area contributed by atoms with E-state index in [2.05, 4.69) is 19.9 Å². The topological polar surface area (TPSA) is 94.7 Å². The highest BCUT2D eigenvalue weighted by Gasteiger charge is 2.24. The Kier molecular flexibility index (Phi) is 2.62. The smallest absolute Gasteiger partial charge is 0.258 e. The Balaban J connectivity index is 2.06. The van der Waals surface area contributed by atoms with Gasteiger partial charge in [-0.15, -0.1) is 0 Å². The lowest BCUT2D eigenvalue weighted by molar-refractivity contribution is 0.436. The van der Waals surface area contributed by atoms with E-state index in [4.69, 9.17) is 0 Å². The number of nitrogens with zero attached hydrogens (tertiary/aromatic N) is 2. The van der Waals surface area contributed by atoms with Crippen molar-refractivity contribution in [2.45, 2.75) is 31.6 Å². The molecule has 1 saturated carbocycles. The van der Waals surface area contributed by atoms with Gasteiger partial charge in [0.2, 0.25) is 5.88 Å². The third-order valence-corrected chi connectivity index (χ3v) is 3.42. The Morgan fingerprint density at radius 3 is 2.67 bits per heavy atom. The van der Waals surface area contributed by atoms with Gasteiger partial charge in [0.25, 0.3) is 5.56 Å². The van der Waals surface area contributed by atoms with Crippen LogP contribution in [-0.4, -0.2) is 25.0 Å². The molecule has 1 fully saturated rings. The SMILES string of the molecule is O=c1[nH]c(-c2ncc[nH]2)nc(O)c1C1CCCC1. The van der Waals surface area contributed by atoms with Crippen LogP contribution in [0, 0.1) is 0 Å². The number of rotatable bonds is 2. The van der Waals surface area contributed by atoms with E-state index in [1.54, 1.807) is 12.4 Å². The van der Waals surface area contributed by atoms with Crippen LogP contribution in [0.1, 0.15) is 37.2 Å².